The summed E-state index contributed by atoms with van der Waals surface area (Å²) in [6, 6.07) is 7.62. The zero-order chi connectivity index (χ0) is 19.1. The van der Waals surface area contributed by atoms with Crippen molar-refractivity contribution < 1.29 is 9.53 Å². The van der Waals surface area contributed by atoms with Gasteiger partial charge in [0.1, 0.15) is 0 Å². The van der Waals surface area contributed by atoms with Gasteiger partial charge < -0.3 is 20.3 Å². The Morgan fingerprint density at radius 1 is 1.22 bits per heavy atom. The van der Waals surface area contributed by atoms with Crippen molar-refractivity contribution in [3.63, 3.8) is 0 Å². The van der Waals surface area contributed by atoms with Crippen LogP contribution in [0.25, 0.3) is 0 Å². The Bertz CT molecular complexity index is 663. The molecule has 0 radical (unpaired) electrons. The van der Waals surface area contributed by atoms with Gasteiger partial charge in [0, 0.05) is 52.4 Å². The van der Waals surface area contributed by atoms with E-state index in [0.29, 0.717) is 29.7 Å². The van der Waals surface area contributed by atoms with Crippen LogP contribution in [0.1, 0.15) is 16.8 Å². The van der Waals surface area contributed by atoms with Gasteiger partial charge in [-0.2, -0.15) is 0 Å². The molecule has 27 heavy (non-hydrogen) atoms. The van der Waals surface area contributed by atoms with Crippen molar-refractivity contribution in [2.45, 2.75) is 12.5 Å². The van der Waals surface area contributed by atoms with Crippen LogP contribution in [-0.2, 0) is 4.74 Å². The number of benzene rings is 1. The maximum atomic E-state index is 12.2. The molecule has 1 amide bonds. The number of hydrogen-bond acceptors (Lipinski definition) is 4. The van der Waals surface area contributed by atoms with Gasteiger partial charge in [0.05, 0.1) is 23.8 Å². The van der Waals surface area contributed by atoms with Crippen molar-refractivity contribution in [2.75, 3.05) is 59.5 Å². The first kappa shape index (κ1) is 19.9. The topological polar surface area (TPSA) is 69.2 Å². The molecule has 3 rings (SSSR count). The van der Waals surface area contributed by atoms with Crippen LogP contribution >= 0.6 is 11.6 Å². The number of nitrogens with zero attached hydrogens (tertiary/aromatic N) is 3. The van der Waals surface area contributed by atoms with E-state index in [-0.39, 0.29) is 5.91 Å². The number of carbonyl (C=O) groups excluding carboxylic acids is 1. The number of hydrogen-bond donors (Lipinski definition) is 2. The smallest absolute Gasteiger partial charge is 0.252 e. The summed E-state index contributed by atoms with van der Waals surface area (Å²) in [5.41, 5.74) is 0.497. The van der Waals surface area contributed by atoms with Gasteiger partial charge in [0.15, 0.2) is 5.96 Å². The lowest BCUT2D eigenvalue weighted by molar-refractivity contribution is 0.0195. The van der Waals surface area contributed by atoms with E-state index in [2.05, 4.69) is 25.4 Å². The molecule has 2 saturated heterocycles. The van der Waals surface area contributed by atoms with Gasteiger partial charge >= 0.3 is 0 Å². The lowest BCUT2D eigenvalue weighted by Gasteiger charge is -2.32. The van der Waals surface area contributed by atoms with E-state index in [1.54, 1.807) is 25.2 Å². The Balaban J connectivity index is 1.41. The van der Waals surface area contributed by atoms with Crippen LogP contribution in [-0.4, -0.2) is 87.2 Å². The highest BCUT2D eigenvalue weighted by molar-refractivity contribution is 6.33. The van der Waals surface area contributed by atoms with Crippen molar-refractivity contribution >= 4 is 23.5 Å². The Kier molecular flexibility index (Phi) is 7.32. The second-order valence-electron chi connectivity index (χ2n) is 6.75. The first-order valence-electron chi connectivity index (χ1n) is 9.49. The summed E-state index contributed by atoms with van der Waals surface area (Å²) in [5.74, 6) is 0.726. The average Bonchev–Trinajstić information content (AvgIpc) is 3.19. The number of halogens is 1. The Morgan fingerprint density at radius 2 is 1.96 bits per heavy atom. The number of ether oxygens (including phenoxy) is 1. The minimum Gasteiger partial charge on any atom is -0.379 e. The van der Waals surface area contributed by atoms with Crippen molar-refractivity contribution in [1.29, 1.82) is 0 Å². The molecule has 2 N–H and O–H groups in total. The lowest BCUT2D eigenvalue weighted by Crippen LogP contribution is -2.47. The molecular formula is C19H28ClN5O2. The lowest BCUT2D eigenvalue weighted by atomic mass is 10.2. The van der Waals surface area contributed by atoms with E-state index >= 15 is 0 Å². The summed E-state index contributed by atoms with van der Waals surface area (Å²) in [4.78, 5) is 21.4. The molecular weight excluding hydrogens is 366 g/mol. The SMILES string of the molecule is CN=C(NCCNC(=O)c1ccccc1Cl)N1CCC(N2CCOCC2)C1. The minimum atomic E-state index is -0.161. The number of amides is 1. The number of guanidine groups is 1. The Hall–Kier alpha value is -1.83. The molecule has 2 aliphatic rings. The zero-order valence-corrected chi connectivity index (χ0v) is 16.5. The van der Waals surface area contributed by atoms with Crippen molar-refractivity contribution in [3.05, 3.63) is 34.9 Å². The third-order valence-electron chi connectivity index (χ3n) is 5.05. The average molecular weight is 394 g/mol. The molecule has 148 valence electrons. The summed E-state index contributed by atoms with van der Waals surface area (Å²) < 4.78 is 5.44. The molecule has 8 heteroatoms. The number of likely N-dealkylation sites (tertiary alicyclic amines) is 1. The number of nitrogens with one attached hydrogen (secondary N) is 2. The van der Waals surface area contributed by atoms with Crippen LogP contribution in [0.15, 0.2) is 29.3 Å². The quantitative estimate of drug-likeness (QED) is 0.444. The van der Waals surface area contributed by atoms with E-state index in [0.717, 1.165) is 51.8 Å². The highest BCUT2D eigenvalue weighted by atomic mass is 35.5. The number of rotatable bonds is 5. The standard InChI is InChI=1S/C19H28ClN5O2/c1-21-19(25-9-6-15(14-25)24-10-12-27-13-11-24)23-8-7-22-18(26)16-4-2-3-5-17(16)20/h2-5,15H,6-14H2,1H3,(H,21,23)(H,22,26). The number of morpholine rings is 1. The fourth-order valence-electron chi connectivity index (χ4n) is 3.60. The normalized spacial score (nSPS) is 21.3. The maximum Gasteiger partial charge on any atom is 0.252 e. The van der Waals surface area contributed by atoms with E-state index < -0.39 is 0 Å². The van der Waals surface area contributed by atoms with Crippen LogP contribution in [0.4, 0.5) is 0 Å². The molecule has 1 aromatic carbocycles. The fourth-order valence-corrected chi connectivity index (χ4v) is 3.82. The molecule has 1 atom stereocenters. The van der Waals surface area contributed by atoms with Crippen LogP contribution in [0.2, 0.25) is 5.02 Å². The second kappa shape index (κ2) is 9.92. The monoisotopic (exact) mass is 393 g/mol. The first-order valence-corrected chi connectivity index (χ1v) is 9.87. The Morgan fingerprint density at radius 3 is 2.70 bits per heavy atom. The van der Waals surface area contributed by atoms with Crippen molar-refractivity contribution in [1.82, 2.24) is 20.4 Å². The summed E-state index contributed by atoms with van der Waals surface area (Å²) in [6.45, 7) is 6.77. The van der Waals surface area contributed by atoms with E-state index in [9.17, 15) is 4.79 Å². The molecule has 0 aliphatic carbocycles. The third-order valence-corrected chi connectivity index (χ3v) is 5.38. The molecule has 1 aromatic rings. The summed E-state index contributed by atoms with van der Waals surface area (Å²) in [5, 5.41) is 6.69. The molecule has 0 spiro atoms. The van der Waals surface area contributed by atoms with Crippen molar-refractivity contribution in [3.8, 4) is 0 Å². The van der Waals surface area contributed by atoms with Gasteiger partial charge in [-0.1, -0.05) is 23.7 Å². The Labute approximate surface area is 165 Å². The molecule has 0 saturated carbocycles. The second-order valence-corrected chi connectivity index (χ2v) is 7.15. The first-order chi connectivity index (χ1) is 13.2. The van der Waals surface area contributed by atoms with Crippen LogP contribution in [0, 0.1) is 0 Å². The van der Waals surface area contributed by atoms with Crippen LogP contribution < -0.4 is 10.6 Å². The molecule has 2 fully saturated rings. The predicted molar refractivity (Wildman–Crippen MR) is 108 cm³/mol. The largest absolute Gasteiger partial charge is 0.379 e. The van der Waals surface area contributed by atoms with Gasteiger partial charge in [-0.15, -0.1) is 0 Å². The highest BCUT2D eigenvalue weighted by Gasteiger charge is 2.30. The van der Waals surface area contributed by atoms with Crippen molar-refractivity contribution in [2.24, 2.45) is 4.99 Å². The van der Waals surface area contributed by atoms with E-state index in [4.69, 9.17) is 16.3 Å². The van der Waals surface area contributed by atoms with E-state index in [1.807, 2.05) is 6.07 Å². The van der Waals surface area contributed by atoms with Crippen LogP contribution in [0.5, 0.6) is 0 Å². The third kappa shape index (κ3) is 5.34. The summed E-state index contributed by atoms with van der Waals surface area (Å²) in [7, 11) is 1.80. The predicted octanol–water partition coefficient (Wildman–Crippen LogP) is 1.05. The molecule has 0 aromatic heterocycles. The van der Waals surface area contributed by atoms with E-state index in [1.165, 1.54) is 0 Å². The highest BCUT2D eigenvalue weighted by Crippen LogP contribution is 2.17. The van der Waals surface area contributed by atoms with Gasteiger partial charge in [0.25, 0.3) is 5.91 Å². The number of carbonyl (C=O) groups is 1. The summed E-state index contributed by atoms with van der Waals surface area (Å²) in [6.07, 6.45) is 1.14. The molecule has 2 heterocycles. The molecule has 1 unspecified atom stereocenters. The zero-order valence-electron chi connectivity index (χ0n) is 15.8. The van der Waals surface area contributed by atoms with Gasteiger partial charge in [0.2, 0.25) is 0 Å². The molecule has 2 aliphatic heterocycles. The molecule has 0 bridgehead atoms. The van der Waals surface area contributed by atoms with Crippen LogP contribution in [0.3, 0.4) is 0 Å². The molecule has 7 nitrogen and oxygen atoms in total. The number of aliphatic imine (C=N–C) groups is 1. The van der Waals surface area contributed by atoms with Gasteiger partial charge in [-0.3, -0.25) is 14.7 Å². The fraction of sp³-hybridized carbons (Fsp3) is 0.579. The maximum absolute atomic E-state index is 12.2. The van der Waals surface area contributed by atoms with Gasteiger partial charge in [-0.05, 0) is 18.6 Å². The minimum absolute atomic E-state index is 0.161. The summed E-state index contributed by atoms with van der Waals surface area (Å²) >= 11 is 6.05. The van der Waals surface area contributed by atoms with Gasteiger partial charge in [-0.25, -0.2) is 0 Å².